The minimum atomic E-state index is -1.11. The molecule has 79 valence electrons. The highest BCUT2D eigenvalue weighted by atomic mass is 16.6. The largest absolute Gasteiger partial charge is 0.482 e. The standard InChI is InChI=1S/C9H8NO5/c1-6-4-7(15-5-9(11)12)2-3-8(6)10(13)14/h2-4H,1,5H2,(H,11,12). The molecule has 0 atom stereocenters. The molecule has 1 rings (SSSR count). The SMILES string of the molecule is [CH2]c1cc(OCC(=O)O)ccc1[N+](=O)[O-]. The third-order valence-corrected chi connectivity index (χ3v) is 1.61. The van der Waals surface area contributed by atoms with E-state index in [4.69, 9.17) is 9.84 Å². The Hall–Kier alpha value is -2.11. The van der Waals surface area contributed by atoms with Crippen molar-refractivity contribution in [1.29, 1.82) is 0 Å². The van der Waals surface area contributed by atoms with Crippen molar-refractivity contribution in [3.05, 3.63) is 40.8 Å². The zero-order chi connectivity index (χ0) is 11.4. The quantitative estimate of drug-likeness (QED) is 0.596. The molecule has 0 bridgehead atoms. The summed E-state index contributed by atoms with van der Waals surface area (Å²) < 4.78 is 4.82. The fraction of sp³-hybridized carbons (Fsp3) is 0.111. The third-order valence-electron chi connectivity index (χ3n) is 1.61. The molecule has 0 heterocycles. The number of benzene rings is 1. The molecule has 15 heavy (non-hydrogen) atoms. The Labute approximate surface area is 85.2 Å². The van der Waals surface area contributed by atoms with Crippen LogP contribution in [-0.2, 0) is 4.79 Å². The van der Waals surface area contributed by atoms with E-state index in [1.165, 1.54) is 18.2 Å². The molecule has 1 aromatic rings. The molecule has 0 aromatic heterocycles. The molecular formula is C9H8NO5. The summed E-state index contributed by atoms with van der Waals surface area (Å²) >= 11 is 0. The highest BCUT2D eigenvalue weighted by Gasteiger charge is 2.11. The molecule has 6 heteroatoms. The molecule has 1 radical (unpaired) electrons. The second-order valence-corrected chi connectivity index (χ2v) is 2.73. The van der Waals surface area contributed by atoms with Gasteiger partial charge in [-0.3, -0.25) is 10.1 Å². The smallest absolute Gasteiger partial charge is 0.341 e. The number of aliphatic carboxylic acids is 1. The Balaban J connectivity index is 2.82. The molecule has 1 N–H and O–H groups in total. The number of carbonyl (C=O) groups is 1. The lowest BCUT2D eigenvalue weighted by Gasteiger charge is -2.03. The van der Waals surface area contributed by atoms with E-state index in [9.17, 15) is 14.9 Å². The summed E-state index contributed by atoms with van der Waals surface area (Å²) in [5.74, 6) is -0.869. The van der Waals surface area contributed by atoms with E-state index in [0.29, 0.717) is 0 Å². The predicted octanol–water partition coefficient (Wildman–Crippen LogP) is 1.24. The monoisotopic (exact) mass is 210 g/mol. The second-order valence-electron chi connectivity index (χ2n) is 2.73. The van der Waals surface area contributed by atoms with Crippen LogP contribution in [-0.4, -0.2) is 22.6 Å². The van der Waals surface area contributed by atoms with Crippen molar-refractivity contribution >= 4 is 11.7 Å². The Morgan fingerprint density at radius 3 is 2.73 bits per heavy atom. The minimum Gasteiger partial charge on any atom is -0.482 e. The lowest BCUT2D eigenvalue weighted by atomic mass is 10.2. The predicted molar refractivity (Wildman–Crippen MR) is 50.7 cm³/mol. The van der Waals surface area contributed by atoms with Crippen LogP contribution in [0.15, 0.2) is 18.2 Å². The van der Waals surface area contributed by atoms with Crippen LogP contribution in [0.2, 0.25) is 0 Å². The first kappa shape index (κ1) is 11.0. The van der Waals surface area contributed by atoms with Gasteiger partial charge < -0.3 is 9.84 Å². The molecule has 0 amide bonds. The molecule has 0 aliphatic heterocycles. The van der Waals surface area contributed by atoms with Crippen LogP contribution in [0.1, 0.15) is 5.56 Å². The van der Waals surface area contributed by atoms with Crippen molar-refractivity contribution in [1.82, 2.24) is 0 Å². The first-order valence-corrected chi connectivity index (χ1v) is 3.95. The van der Waals surface area contributed by atoms with Gasteiger partial charge in [-0.05, 0) is 19.1 Å². The van der Waals surface area contributed by atoms with Crippen molar-refractivity contribution in [2.45, 2.75) is 0 Å². The summed E-state index contributed by atoms with van der Waals surface area (Å²) in [6, 6.07) is 3.87. The fourth-order valence-corrected chi connectivity index (χ4v) is 0.975. The summed E-state index contributed by atoms with van der Waals surface area (Å²) in [6.45, 7) is 2.97. The summed E-state index contributed by atoms with van der Waals surface area (Å²) in [5.41, 5.74) is 0.0561. The molecule has 6 nitrogen and oxygen atoms in total. The van der Waals surface area contributed by atoms with Gasteiger partial charge in [-0.2, -0.15) is 0 Å². The van der Waals surface area contributed by atoms with Crippen LogP contribution < -0.4 is 4.74 Å². The maximum Gasteiger partial charge on any atom is 0.341 e. The van der Waals surface area contributed by atoms with Gasteiger partial charge in [0.15, 0.2) is 6.61 Å². The molecule has 0 saturated heterocycles. The lowest BCUT2D eigenvalue weighted by molar-refractivity contribution is -0.385. The van der Waals surface area contributed by atoms with Crippen molar-refractivity contribution in [3.8, 4) is 5.75 Å². The van der Waals surface area contributed by atoms with E-state index in [2.05, 4.69) is 6.92 Å². The van der Waals surface area contributed by atoms with Gasteiger partial charge in [0.1, 0.15) is 5.75 Å². The number of carboxylic acid groups (broad SMARTS) is 1. The second kappa shape index (κ2) is 4.41. The van der Waals surface area contributed by atoms with Crippen LogP contribution >= 0.6 is 0 Å². The van der Waals surface area contributed by atoms with Gasteiger partial charge in [0.05, 0.1) is 4.92 Å². The highest BCUT2D eigenvalue weighted by molar-refractivity contribution is 5.68. The number of nitro benzene ring substituents is 1. The Kier molecular flexibility index (Phi) is 3.22. The van der Waals surface area contributed by atoms with Gasteiger partial charge in [-0.1, -0.05) is 0 Å². The number of ether oxygens (including phenoxy) is 1. The van der Waals surface area contributed by atoms with Crippen LogP contribution in [0, 0.1) is 17.0 Å². The third kappa shape index (κ3) is 2.94. The Morgan fingerprint density at radius 1 is 1.60 bits per heavy atom. The first-order chi connectivity index (χ1) is 7.00. The van der Waals surface area contributed by atoms with E-state index >= 15 is 0 Å². The molecule has 0 unspecified atom stereocenters. The maximum absolute atomic E-state index is 10.4. The number of nitrogens with zero attached hydrogens (tertiary/aromatic N) is 1. The molecular weight excluding hydrogens is 202 g/mol. The Bertz CT molecular complexity index is 401. The lowest BCUT2D eigenvalue weighted by Crippen LogP contribution is -2.09. The highest BCUT2D eigenvalue weighted by Crippen LogP contribution is 2.22. The summed E-state index contributed by atoms with van der Waals surface area (Å²) in [5, 5.41) is 18.8. The van der Waals surface area contributed by atoms with Crippen molar-refractivity contribution in [2.24, 2.45) is 0 Å². The van der Waals surface area contributed by atoms with Gasteiger partial charge in [0.2, 0.25) is 0 Å². The molecule has 1 aromatic carbocycles. The van der Waals surface area contributed by atoms with E-state index in [1.807, 2.05) is 0 Å². The molecule has 0 spiro atoms. The number of hydrogen-bond acceptors (Lipinski definition) is 4. The summed E-state index contributed by atoms with van der Waals surface area (Å²) in [7, 11) is 0. The van der Waals surface area contributed by atoms with E-state index in [-0.39, 0.29) is 17.0 Å². The van der Waals surface area contributed by atoms with Crippen LogP contribution in [0.25, 0.3) is 0 Å². The number of hydrogen-bond donors (Lipinski definition) is 1. The van der Waals surface area contributed by atoms with Gasteiger partial charge in [0.25, 0.3) is 5.69 Å². The zero-order valence-corrected chi connectivity index (χ0v) is 7.67. The van der Waals surface area contributed by atoms with Crippen LogP contribution in [0.3, 0.4) is 0 Å². The van der Waals surface area contributed by atoms with Crippen molar-refractivity contribution < 1.29 is 19.6 Å². The van der Waals surface area contributed by atoms with E-state index in [1.54, 1.807) is 0 Å². The Morgan fingerprint density at radius 2 is 2.27 bits per heavy atom. The van der Waals surface area contributed by atoms with Crippen LogP contribution in [0.4, 0.5) is 5.69 Å². The number of carboxylic acids is 1. The average Bonchev–Trinajstić information content (AvgIpc) is 2.14. The van der Waals surface area contributed by atoms with Gasteiger partial charge in [-0.25, -0.2) is 4.79 Å². The minimum absolute atomic E-state index is 0.127. The topological polar surface area (TPSA) is 89.7 Å². The molecule has 0 saturated carbocycles. The van der Waals surface area contributed by atoms with E-state index < -0.39 is 17.5 Å². The number of nitro groups is 1. The van der Waals surface area contributed by atoms with E-state index in [0.717, 1.165) is 0 Å². The molecule has 0 aliphatic rings. The average molecular weight is 210 g/mol. The van der Waals surface area contributed by atoms with Crippen molar-refractivity contribution in [2.75, 3.05) is 6.61 Å². The van der Waals surface area contributed by atoms with Gasteiger partial charge >= 0.3 is 5.97 Å². The number of rotatable bonds is 4. The van der Waals surface area contributed by atoms with Crippen LogP contribution in [0.5, 0.6) is 5.75 Å². The fourth-order valence-electron chi connectivity index (χ4n) is 0.975. The summed E-state index contributed by atoms with van der Waals surface area (Å²) in [6.07, 6.45) is 0. The molecule has 0 fully saturated rings. The zero-order valence-electron chi connectivity index (χ0n) is 7.67. The molecule has 0 aliphatic carbocycles. The van der Waals surface area contributed by atoms with Crippen molar-refractivity contribution in [3.63, 3.8) is 0 Å². The normalized spacial score (nSPS) is 9.67. The maximum atomic E-state index is 10.4. The van der Waals surface area contributed by atoms with Gasteiger partial charge in [0, 0.05) is 11.6 Å². The van der Waals surface area contributed by atoms with Gasteiger partial charge in [-0.15, -0.1) is 0 Å². The first-order valence-electron chi connectivity index (χ1n) is 3.95. The summed E-state index contributed by atoms with van der Waals surface area (Å²) in [4.78, 5) is 20.0.